The number of nitrogens with zero attached hydrogens (tertiary/aromatic N) is 17. The average Bonchev–Trinajstić information content (AvgIpc) is 0.953. The molecule has 2 aliphatic heterocycles. The van der Waals surface area contributed by atoms with Gasteiger partial charge in [0.25, 0.3) is 22.2 Å². The van der Waals surface area contributed by atoms with Crippen LogP contribution in [0.2, 0.25) is 5.15 Å². The molecule has 0 amide bonds. The number of rotatable bonds is 15. The third-order valence-electron chi connectivity index (χ3n) is 23.6. The molecule has 4 N–H and O–H groups in total. The zero-order valence-electron chi connectivity index (χ0n) is 74.5. The van der Waals surface area contributed by atoms with E-state index in [1.165, 1.54) is 26.1 Å². The second kappa shape index (κ2) is 43.9. The number of benzene rings is 8. The van der Waals surface area contributed by atoms with Gasteiger partial charge in [-0.05, 0) is 223 Å². The highest BCUT2D eigenvalue weighted by Gasteiger charge is 2.26. The first-order valence-electron chi connectivity index (χ1n) is 43.1. The normalized spacial score (nSPS) is 13.4. The summed E-state index contributed by atoms with van der Waals surface area (Å²) in [5, 5.41) is 11.1. The summed E-state index contributed by atoms with van der Waals surface area (Å²) in [7, 11) is 7.33. The predicted molar refractivity (Wildman–Crippen MR) is 541 cm³/mol. The Balaban J connectivity index is 0.000000151. The van der Waals surface area contributed by atoms with E-state index in [2.05, 4.69) is 101 Å². The molecular weight excluding hydrogens is 1740 g/mol. The van der Waals surface area contributed by atoms with Crippen molar-refractivity contribution in [1.29, 1.82) is 0 Å². The van der Waals surface area contributed by atoms with Gasteiger partial charge in [-0.1, -0.05) is 195 Å². The quantitative estimate of drug-likeness (QED) is 0.0635. The van der Waals surface area contributed by atoms with Crippen LogP contribution in [-0.2, 0) is 34.4 Å². The summed E-state index contributed by atoms with van der Waals surface area (Å²) in [6.45, 7) is 19.2. The summed E-state index contributed by atoms with van der Waals surface area (Å²) in [5.41, 5.74) is 24.4. The van der Waals surface area contributed by atoms with Gasteiger partial charge in [-0.15, -0.1) is 0 Å². The molecule has 0 spiro atoms. The molecule has 2 saturated heterocycles. The number of alkyl halides is 1. The maximum Gasteiger partial charge on any atom is 0.263 e. The van der Waals surface area contributed by atoms with Gasteiger partial charge in [0.05, 0.1) is 76.4 Å². The van der Waals surface area contributed by atoms with Crippen molar-refractivity contribution >= 4 is 116 Å². The van der Waals surface area contributed by atoms with E-state index in [0.717, 1.165) is 207 Å². The van der Waals surface area contributed by atoms with Gasteiger partial charge in [0.15, 0.2) is 39.2 Å². The number of pyridine rings is 4. The summed E-state index contributed by atoms with van der Waals surface area (Å²) in [4.78, 5) is 99.9. The maximum absolute atomic E-state index is 13.9. The molecule has 2 fully saturated rings. The number of ether oxygens (including phenoxy) is 2. The molecule has 28 heteroatoms. The van der Waals surface area contributed by atoms with Crippen molar-refractivity contribution in [3.8, 4) is 22.7 Å². The lowest BCUT2D eigenvalue weighted by molar-refractivity contribution is -0.0299. The molecule has 682 valence electrons. The SMILES string of the molecule is C.C.C.CN.CNCc1cc2cccc(C)c2c(=O)n1-c1ccccc1C.Cc1ccccc1-n1c(CBr)cc2cccc(C)c2c1=O.Cc1ccccc1-n1c(CN(C)c2ncnc3c2ncn3C2CCCCO2)cc2cccc(C)c2c1=O.Cc1ccccc1-n1c(CN(C)c2ncnc3nc[nH]c23)cc2cccc(C)c2c1=O.Clc1ncnc2c1ncn2C1CCCCO1. The van der Waals surface area contributed by atoms with Crippen LogP contribution in [0.25, 0.3) is 99.3 Å². The van der Waals surface area contributed by atoms with Gasteiger partial charge in [0.2, 0.25) is 0 Å². The molecule has 0 saturated carbocycles. The number of fused-ring (bicyclic) bond motifs is 7. The fourth-order valence-corrected chi connectivity index (χ4v) is 17.8. The van der Waals surface area contributed by atoms with Gasteiger partial charge < -0.3 is 35.3 Å². The summed E-state index contributed by atoms with van der Waals surface area (Å²) in [6, 6.07) is 64.2. The zero-order valence-corrected chi connectivity index (χ0v) is 76.8. The van der Waals surface area contributed by atoms with E-state index in [4.69, 9.17) is 21.1 Å². The first-order chi connectivity index (χ1) is 62.7. The molecule has 20 rings (SSSR count). The molecule has 2 aliphatic rings. The largest absolute Gasteiger partial charge is 0.358 e. The third kappa shape index (κ3) is 20.2. The maximum atomic E-state index is 13.9. The van der Waals surface area contributed by atoms with Crippen molar-refractivity contribution in [1.82, 2.24) is 82.6 Å². The zero-order chi connectivity index (χ0) is 90.7. The minimum atomic E-state index is -0.0539. The van der Waals surface area contributed by atoms with Gasteiger partial charge >= 0.3 is 0 Å². The standard InChI is InChI=1S/C29H30N6O2.C24H22N6O.C19H20N2O.C18H16BrNO.C10H11ClN4O.CH5N.3CH4/c1-19-9-4-5-12-23(19)35-22(15-21-11-8-10-20(2)25(21)29(35)36)16-33(3)27-26-28(31-17-30-27)34(18-32-26)24-13-6-7-14-37-24;1-15-7-4-5-10-19(15)30-18(11-17-9-6-8-16(2)20(17)24(30)31)12-29(3)23-21-22(26-13-25-21)27-14-28-23;1-13-7-4-5-10-17(13)21-16(12-20-3)11-15-9-6-8-14(2)18(15)19(21)22;1-12-6-3-4-9-16(12)20-15(11-19)10-14-8-5-7-13(2)17(14)18(20)21;11-9-8-10(13-5-12-9)15(6-14-8)7-3-1-2-4-16-7;1-2;;;/h4-5,8-12,15,17-18,24H,6-7,13-14,16H2,1-3H3;4-11,13-14H,12H2,1-3H3,(H,25,26,27,28);4-11,20H,12H2,1-3H3;3-10H,11H2,1-2H3;5-7H,1-4H2;2H2,1H3;3*1H4. The topological polar surface area (TPSA) is 293 Å². The number of hydrogen-bond acceptors (Lipinski definition) is 19. The van der Waals surface area contributed by atoms with Crippen molar-refractivity contribution in [2.24, 2.45) is 5.73 Å². The minimum Gasteiger partial charge on any atom is -0.358 e. The van der Waals surface area contributed by atoms with Gasteiger partial charge in [-0.3, -0.25) is 46.6 Å². The predicted octanol–water partition coefficient (Wildman–Crippen LogP) is 20.5. The highest BCUT2D eigenvalue weighted by atomic mass is 79.9. The number of aromatic amines is 1. The fraction of sp³-hybridized carbons (Fsp3) is 0.279. The Hall–Kier alpha value is -13.5. The molecule has 0 radical (unpaired) electrons. The molecule has 18 aromatic rings. The molecule has 10 aromatic heterocycles. The Labute approximate surface area is 782 Å². The van der Waals surface area contributed by atoms with Gasteiger partial charge in [-0.2, -0.15) is 0 Å². The second-order valence-electron chi connectivity index (χ2n) is 32.2. The Morgan fingerprint density at radius 2 is 0.773 bits per heavy atom. The Bertz CT molecular complexity index is 7390. The lowest BCUT2D eigenvalue weighted by Crippen LogP contribution is -2.28. The highest BCUT2D eigenvalue weighted by molar-refractivity contribution is 9.08. The lowest BCUT2D eigenvalue weighted by atomic mass is 10.1. The molecule has 132 heavy (non-hydrogen) atoms. The van der Waals surface area contributed by atoms with Crippen molar-refractivity contribution < 1.29 is 9.47 Å². The number of halogens is 2. The number of para-hydroxylation sites is 4. The summed E-state index contributed by atoms with van der Waals surface area (Å²) in [6.07, 6.45) is 16.1. The van der Waals surface area contributed by atoms with E-state index in [-0.39, 0.29) is 57.0 Å². The summed E-state index contributed by atoms with van der Waals surface area (Å²) >= 11 is 9.45. The number of nitrogens with two attached hydrogens (primary N) is 1. The molecule has 12 heterocycles. The smallest absolute Gasteiger partial charge is 0.263 e. The third-order valence-corrected chi connectivity index (χ3v) is 24.4. The number of aryl methyl sites for hydroxylation is 8. The number of aromatic nitrogens is 16. The van der Waals surface area contributed by atoms with Crippen LogP contribution in [0, 0.1) is 55.4 Å². The molecule has 26 nitrogen and oxygen atoms in total. The lowest BCUT2D eigenvalue weighted by Gasteiger charge is -2.24. The van der Waals surface area contributed by atoms with Crippen LogP contribution in [0.1, 0.15) is 141 Å². The average molecular weight is 1860 g/mol. The second-order valence-corrected chi connectivity index (χ2v) is 33.2. The number of anilines is 2. The number of nitrogens with one attached hydrogen (secondary N) is 2. The van der Waals surface area contributed by atoms with Crippen molar-refractivity contribution in [3.63, 3.8) is 0 Å². The minimum absolute atomic E-state index is 0. The first-order valence-corrected chi connectivity index (χ1v) is 44.6. The molecule has 2 atom stereocenters. The number of hydrogen-bond donors (Lipinski definition) is 3. The van der Waals surface area contributed by atoms with Crippen molar-refractivity contribution in [2.45, 2.75) is 154 Å². The summed E-state index contributed by atoms with van der Waals surface area (Å²) in [5.74, 6) is 1.45. The van der Waals surface area contributed by atoms with Crippen LogP contribution in [0.5, 0.6) is 0 Å². The van der Waals surface area contributed by atoms with E-state index in [1.54, 1.807) is 25.3 Å². The monoisotopic (exact) mass is 1850 g/mol. The van der Waals surface area contributed by atoms with Gasteiger partial charge in [0, 0.05) is 62.0 Å². The van der Waals surface area contributed by atoms with Crippen LogP contribution < -0.4 is 43.1 Å². The van der Waals surface area contributed by atoms with Crippen LogP contribution in [0.3, 0.4) is 0 Å². The molecular formula is C104H116BrClN20O6. The van der Waals surface area contributed by atoms with E-state index in [9.17, 15) is 19.2 Å². The first kappa shape index (κ1) is 97.5. The Morgan fingerprint density at radius 3 is 1.17 bits per heavy atom. The Morgan fingerprint density at radius 1 is 0.424 bits per heavy atom. The summed E-state index contributed by atoms with van der Waals surface area (Å²) < 4.78 is 22.9. The highest BCUT2D eigenvalue weighted by Crippen LogP contribution is 2.34. The number of H-pyrrole nitrogens is 1. The molecule has 0 bridgehead atoms. The van der Waals surface area contributed by atoms with Gasteiger partial charge in [-0.25, -0.2) is 44.9 Å². The van der Waals surface area contributed by atoms with E-state index < -0.39 is 0 Å². The van der Waals surface area contributed by atoms with Crippen LogP contribution >= 0.6 is 27.5 Å². The van der Waals surface area contributed by atoms with Crippen molar-refractivity contribution in [2.75, 3.05) is 51.2 Å². The van der Waals surface area contributed by atoms with Crippen molar-refractivity contribution in [3.05, 3.63) is 346 Å². The van der Waals surface area contributed by atoms with Crippen LogP contribution in [0.4, 0.5) is 11.6 Å². The molecule has 0 aliphatic carbocycles. The number of imidazole rings is 3. The van der Waals surface area contributed by atoms with Crippen LogP contribution in [-0.4, -0.2) is 119 Å². The van der Waals surface area contributed by atoms with E-state index in [1.807, 2.05) is 284 Å². The Kier molecular flexibility index (Phi) is 32.4. The molecule has 8 aromatic carbocycles. The van der Waals surface area contributed by atoms with E-state index in [0.29, 0.717) is 47.1 Å². The molecule has 2 unspecified atom stereocenters. The van der Waals surface area contributed by atoms with Gasteiger partial charge in [0.1, 0.15) is 42.5 Å². The van der Waals surface area contributed by atoms with Crippen LogP contribution in [0.15, 0.2) is 251 Å². The fourth-order valence-electron chi connectivity index (χ4n) is 17.2. The van der Waals surface area contributed by atoms with E-state index >= 15 is 0 Å².